The van der Waals surface area contributed by atoms with Gasteiger partial charge in [-0.25, -0.2) is 14.7 Å². The lowest BCUT2D eigenvalue weighted by atomic mass is 9.91. The molecule has 170 valence electrons. The fraction of sp³-hybridized carbons (Fsp3) is 0.375. The summed E-state index contributed by atoms with van der Waals surface area (Å²) in [5.41, 5.74) is 0.571. The first-order valence-electron chi connectivity index (χ1n) is 11.1. The topological polar surface area (TPSA) is 84.0 Å². The van der Waals surface area contributed by atoms with E-state index >= 15 is 0 Å². The summed E-state index contributed by atoms with van der Waals surface area (Å²) in [5.74, 6) is 1.28. The molecular formula is C24H24N4O4S. The summed E-state index contributed by atoms with van der Waals surface area (Å²) in [4.78, 5) is 34.6. The molecule has 2 atom stereocenters. The second kappa shape index (κ2) is 7.71. The van der Waals surface area contributed by atoms with Crippen LogP contribution in [0.5, 0.6) is 11.5 Å². The van der Waals surface area contributed by atoms with Gasteiger partial charge in [0.15, 0.2) is 11.5 Å². The SMILES string of the molecule is C[C@@]1(c2ccc3c(c2)OCO3)NC(=O)N(CN2CCC[C@H](c3nc4ccccc4s3)C2)C1=O. The number of fused-ring (bicyclic) bond motifs is 2. The van der Waals surface area contributed by atoms with E-state index in [-0.39, 0.29) is 25.4 Å². The number of amides is 3. The fourth-order valence-corrected chi connectivity index (χ4v) is 5.97. The van der Waals surface area contributed by atoms with Gasteiger partial charge in [0.2, 0.25) is 6.79 Å². The molecule has 0 radical (unpaired) electrons. The summed E-state index contributed by atoms with van der Waals surface area (Å²) in [5, 5.41) is 4.02. The summed E-state index contributed by atoms with van der Waals surface area (Å²) < 4.78 is 12.0. The van der Waals surface area contributed by atoms with Gasteiger partial charge >= 0.3 is 6.03 Å². The Hall–Kier alpha value is -3.17. The van der Waals surface area contributed by atoms with Crippen molar-refractivity contribution in [3.63, 3.8) is 0 Å². The van der Waals surface area contributed by atoms with Crippen molar-refractivity contribution in [1.82, 2.24) is 20.1 Å². The highest BCUT2D eigenvalue weighted by Gasteiger charge is 2.50. The van der Waals surface area contributed by atoms with Gasteiger partial charge in [0.25, 0.3) is 5.91 Å². The summed E-state index contributed by atoms with van der Waals surface area (Å²) >= 11 is 1.74. The molecule has 2 saturated heterocycles. The van der Waals surface area contributed by atoms with Crippen LogP contribution in [0.25, 0.3) is 10.2 Å². The molecule has 9 heteroatoms. The molecule has 4 heterocycles. The maximum Gasteiger partial charge on any atom is 0.326 e. The number of nitrogens with zero attached hydrogens (tertiary/aromatic N) is 3. The Morgan fingerprint density at radius 1 is 1.18 bits per heavy atom. The molecule has 0 bridgehead atoms. The molecule has 0 unspecified atom stereocenters. The number of hydrogen-bond acceptors (Lipinski definition) is 7. The Kier molecular flexibility index (Phi) is 4.77. The second-order valence-electron chi connectivity index (χ2n) is 8.93. The van der Waals surface area contributed by atoms with Gasteiger partial charge in [-0.15, -0.1) is 11.3 Å². The van der Waals surface area contributed by atoms with Crippen LogP contribution in [0.15, 0.2) is 42.5 Å². The first-order valence-corrected chi connectivity index (χ1v) is 11.9. The first kappa shape index (κ1) is 20.4. The van der Waals surface area contributed by atoms with Gasteiger partial charge in [0.05, 0.1) is 21.9 Å². The lowest BCUT2D eigenvalue weighted by molar-refractivity contribution is -0.132. The Labute approximate surface area is 195 Å². The predicted octanol–water partition coefficient (Wildman–Crippen LogP) is 3.63. The molecule has 2 fully saturated rings. The van der Waals surface area contributed by atoms with Crippen LogP contribution in [0.1, 0.15) is 36.3 Å². The van der Waals surface area contributed by atoms with Crippen molar-refractivity contribution in [2.45, 2.75) is 31.2 Å². The molecule has 1 aromatic heterocycles. The van der Waals surface area contributed by atoms with E-state index in [4.69, 9.17) is 14.5 Å². The standard InChI is InChI=1S/C24H24N4O4S/c1-24(16-8-9-18-19(11-16)32-14-31-18)22(29)28(23(30)26-24)13-27-10-4-5-15(12-27)21-25-17-6-2-3-7-20(17)33-21/h2-3,6-9,11,15H,4-5,10,12-14H2,1H3,(H,26,30)/t15-,24-/m0/s1. The molecule has 6 rings (SSSR count). The Balaban J connectivity index is 1.19. The van der Waals surface area contributed by atoms with E-state index in [1.807, 2.05) is 18.2 Å². The molecule has 0 aliphatic carbocycles. The molecule has 0 saturated carbocycles. The van der Waals surface area contributed by atoms with E-state index in [1.54, 1.807) is 36.5 Å². The number of ether oxygens (including phenoxy) is 2. The highest BCUT2D eigenvalue weighted by Crippen LogP contribution is 2.38. The molecular weight excluding hydrogens is 440 g/mol. The number of nitrogens with one attached hydrogen (secondary N) is 1. The van der Waals surface area contributed by atoms with E-state index in [2.05, 4.69) is 16.3 Å². The average molecular weight is 465 g/mol. The smallest absolute Gasteiger partial charge is 0.326 e. The van der Waals surface area contributed by atoms with Crippen molar-refractivity contribution in [3.8, 4) is 11.5 Å². The van der Waals surface area contributed by atoms with Crippen LogP contribution in [-0.2, 0) is 10.3 Å². The third kappa shape index (κ3) is 3.43. The molecule has 0 spiro atoms. The minimum Gasteiger partial charge on any atom is -0.454 e. The minimum absolute atomic E-state index is 0.159. The number of carbonyl (C=O) groups excluding carboxylic acids is 2. The second-order valence-corrected chi connectivity index (χ2v) is 10.00. The summed E-state index contributed by atoms with van der Waals surface area (Å²) in [6.45, 7) is 3.79. The van der Waals surface area contributed by atoms with Crippen LogP contribution < -0.4 is 14.8 Å². The van der Waals surface area contributed by atoms with Crippen LogP contribution in [0.2, 0.25) is 0 Å². The van der Waals surface area contributed by atoms with Crippen molar-refractivity contribution < 1.29 is 19.1 Å². The maximum atomic E-state index is 13.4. The van der Waals surface area contributed by atoms with Gasteiger partial charge in [-0.1, -0.05) is 18.2 Å². The molecule has 3 aromatic rings. The number of piperidine rings is 1. The molecule has 8 nitrogen and oxygen atoms in total. The highest BCUT2D eigenvalue weighted by molar-refractivity contribution is 7.18. The predicted molar refractivity (Wildman–Crippen MR) is 123 cm³/mol. The number of urea groups is 1. The quantitative estimate of drug-likeness (QED) is 0.594. The van der Waals surface area contributed by atoms with Crippen LogP contribution in [0.3, 0.4) is 0 Å². The number of imide groups is 1. The number of aromatic nitrogens is 1. The van der Waals surface area contributed by atoms with Crippen LogP contribution in [0.4, 0.5) is 4.79 Å². The van der Waals surface area contributed by atoms with Crippen molar-refractivity contribution in [3.05, 3.63) is 53.0 Å². The van der Waals surface area contributed by atoms with Crippen molar-refractivity contribution in [1.29, 1.82) is 0 Å². The van der Waals surface area contributed by atoms with Gasteiger partial charge in [-0.2, -0.15) is 0 Å². The van der Waals surface area contributed by atoms with Crippen molar-refractivity contribution in [2.24, 2.45) is 0 Å². The number of para-hydroxylation sites is 1. The van der Waals surface area contributed by atoms with Gasteiger partial charge in [0.1, 0.15) is 5.54 Å². The molecule has 2 aromatic carbocycles. The maximum absolute atomic E-state index is 13.4. The third-order valence-corrected chi connectivity index (χ3v) is 7.93. The number of benzene rings is 2. The van der Waals surface area contributed by atoms with Crippen LogP contribution in [0, 0.1) is 0 Å². The fourth-order valence-electron chi connectivity index (χ4n) is 4.88. The van der Waals surface area contributed by atoms with Gasteiger partial charge in [-0.3, -0.25) is 9.69 Å². The van der Waals surface area contributed by atoms with Gasteiger partial charge in [0, 0.05) is 12.5 Å². The van der Waals surface area contributed by atoms with E-state index in [0.717, 1.165) is 36.5 Å². The summed E-state index contributed by atoms with van der Waals surface area (Å²) in [6, 6.07) is 13.2. The zero-order valence-corrected chi connectivity index (χ0v) is 19.1. The third-order valence-electron chi connectivity index (χ3n) is 6.73. The summed E-state index contributed by atoms with van der Waals surface area (Å²) in [7, 11) is 0. The number of rotatable bonds is 4. The molecule has 1 N–H and O–H groups in total. The first-order chi connectivity index (χ1) is 16.0. The molecule has 3 aliphatic rings. The average Bonchev–Trinajstić information content (AvgIpc) is 3.52. The van der Waals surface area contributed by atoms with Crippen molar-refractivity contribution >= 4 is 33.5 Å². The van der Waals surface area contributed by atoms with Gasteiger partial charge < -0.3 is 14.8 Å². The number of thiazole rings is 1. The number of hydrogen-bond donors (Lipinski definition) is 1. The molecule has 33 heavy (non-hydrogen) atoms. The zero-order chi connectivity index (χ0) is 22.6. The Morgan fingerprint density at radius 3 is 2.91 bits per heavy atom. The minimum atomic E-state index is -1.14. The molecule has 3 amide bonds. The highest BCUT2D eigenvalue weighted by atomic mass is 32.1. The Morgan fingerprint density at radius 2 is 2.03 bits per heavy atom. The lowest BCUT2D eigenvalue weighted by Crippen LogP contribution is -2.46. The van der Waals surface area contributed by atoms with E-state index in [0.29, 0.717) is 23.0 Å². The Bertz CT molecular complexity index is 1230. The number of carbonyl (C=O) groups is 2. The van der Waals surface area contributed by atoms with E-state index in [1.165, 1.54) is 9.60 Å². The largest absolute Gasteiger partial charge is 0.454 e. The zero-order valence-electron chi connectivity index (χ0n) is 18.2. The van der Waals surface area contributed by atoms with Crippen molar-refractivity contribution in [2.75, 3.05) is 26.6 Å². The lowest BCUT2D eigenvalue weighted by Gasteiger charge is -2.33. The van der Waals surface area contributed by atoms with Crippen LogP contribution >= 0.6 is 11.3 Å². The van der Waals surface area contributed by atoms with E-state index < -0.39 is 5.54 Å². The normalized spacial score (nSPS) is 25.1. The van der Waals surface area contributed by atoms with E-state index in [9.17, 15) is 9.59 Å². The van der Waals surface area contributed by atoms with Gasteiger partial charge in [-0.05, 0) is 56.1 Å². The monoisotopic (exact) mass is 464 g/mol. The number of likely N-dealkylation sites (tertiary alicyclic amines) is 1. The molecule has 3 aliphatic heterocycles. The summed E-state index contributed by atoms with van der Waals surface area (Å²) in [6.07, 6.45) is 2.06. The van der Waals surface area contributed by atoms with Crippen LogP contribution in [-0.4, -0.2) is 53.3 Å².